The van der Waals surface area contributed by atoms with E-state index in [0.717, 1.165) is 16.5 Å². The lowest BCUT2D eigenvalue weighted by Gasteiger charge is -2.12. The SMILES string of the molecule is COc1ccc(OC)c(NC(=O)CSc2nc3cc(C)ccc3cc2C#N)c1. The maximum atomic E-state index is 12.4. The van der Waals surface area contributed by atoms with Crippen molar-refractivity contribution >= 4 is 34.3 Å². The van der Waals surface area contributed by atoms with E-state index in [0.29, 0.717) is 27.8 Å². The smallest absolute Gasteiger partial charge is 0.234 e. The van der Waals surface area contributed by atoms with Crippen LogP contribution in [0.1, 0.15) is 11.1 Å². The summed E-state index contributed by atoms with van der Waals surface area (Å²) in [6.45, 7) is 1.99. The molecule has 142 valence electrons. The van der Waals surface area contributed by atoms with E-state index in [1.54, 1.807) is 31.4 Å². The number of benzene rings is 2. The molecule has 0 unspecified atom stereocenters. The van der Waals surface area contributed by atoms with Crippen molar-refractivity contribution in [3.8, 4) is 17.6 Å². The highest BCUT2D eigenvalue weighted by Gasteiger charge is 2.13. The normalized spacial score (nSPS) is 10.4. The van der Waals surface area contributed by atoms with E-state index >= 15 is 0 Å². The van der Waals surface area contributed by atoms with Gasteiger partial charge in [0, 0.05) is 11.5 Å². The topological polar surface area (TPSA) is 84.2 Å². The number of nitrogens with zero attached hydrogens (tertiary/aromatic N) is 2. The Balaban J connectivity index is 1.77. The molecular weight excluding hydrogens is 374 g/mol. The lowest BCUT2D eigenvalue weighted by Crippen LogP contribution is -2.15. The zero-order chi connectivity index (χ0) is 20.1. The summed E-state index contributed by atoms with van der Waals surface area (Å²) in [6.07, 6.45) is 0. The number of aromatic nitrogens is 1. The average molecular weight is 393 g/mol. The molecule has 0 aliphatic heterocycles. The van der Waals surface area contributed by atoms with Gasteiger partial charge in [-0.1, -0.05) is 23.9 Å². The molecule has 3 rings (SSSR count). The molecule has 0 spiro atoms. The van der Waals surface area contributed by atoms with Crippen LogP contribution in [0.3, 0.4) is 0 Å². The Hall–Kier alpha value is -3.24. The summed E-state index contributed by atoms with van der Waals surface area (Å²) in [6, 6.07) is 15.0. The summed E-state index contributed by atoms with van der Waals surface area (Å²) in [5.74, 6) is 1.03. The van der Waals surface area contributed by atoms with E-state index < -0.39 is 0 Å². The van der Waals surface area contributed by atoms with Crippen molar-refractivity contribution < 1.29 is 14.3 Å². The molecule has 0 saturated carbocycles. The van der Waals surface area contributed by atoms with Crippen LogP contribution in [0.25, 0.3) is 10.9 Å². The maximum absolute atomic E-state index is 12.4. The lowest BCUT2D eigenvalue weighted by atomic mass is 10.1. The van der Waals surface area contributed by atoms with Gasteiger partial charge < -0.3 is 14.8 Å². The molecule has 7 heteroatoms. The number of carbonyl (C=O) groups excluding carboxylic acids is 1. The second kappa shape index (κ2) is 8.63. The summed E-state index contributed by atoms with van der Waals surface area (Å²) in [4.78, 5) is 17.0. The van der Waals surface area contributed by atoms with Crippen LogP contribution in [-0.4, -0.2) is 30.9 Å². The van der Waals surface area contributed by atoms with Crippen molar-refractivity contribution in [1.29, 1.82) is 5.26 Å². The molecule has 6 nitrogen and oxygen atoms in total. The largest absolute Gasteiger partial charge is 0.497 e. The monoisotopic (exact) mass is 393 g/mol. The van der Waals surface area contributed by atoms with Crippen molar-refractivity contribution in [3.63, 3.8) is 0 Å². The minimum Gasteiger partial charge on any atom is -0.497 e. The second-order valence-corrected chi connectivity index (χ2v) is 7.02. The number of aryl methyl sites for hydroxylation is 1. The lowest BCUT2D eigenvalue weighted by molar-refractivity contribution is -0.113. The predicted octanol–water partition coefficient (Wildman–Crippen LogP) is 4.16. The number of fused-ring (bicyclic) bond motifs is 1. The fourth-order valence-electron chi connectivity index (χ4n) is 2.68. The van der Waals surface area contributed by atoms with Crippen LogP contribution < -0.4 is 14.8 Å². The van der Waals surface area contributed by atoms with Crippen LogP contribution in [0, 0.1) is 18.3 Å². The molecule has 1 N–H and O–H groups in total. The number of pyridine rings is 1. The van der Waals surface area contributed by atoms with Gasteiger partial charge in [-0.25, -0.2) is 4.98 Å². The molecule has 0 atom stereocenters. The van der Waals surface area contributed by atoms with Crippen molar-refractivity contribution in [2.75, 3.05) is 25.3 Å². The highest BCUT2D eigenvalue weighted by Crippen LogP contribution is 2.30. The number of nitriles is 1. The summed E-state index contributed by atoms with van der Waals surface area (Å²) in [5.41, 5.74) is 2.86. The van der Waals surface area contributed by atoms with Crippen LogP contribution in [0.4, 0.5) is 5.69 Å². The molecule has 2 aromatic carbocycles. The van der Waals surface area contributed by atoms with Gasteiger partial charge in [-0.3, -0.25) is 4.79 Å². The Morgan fingerprint density at radius 2 is 2.00 bits per heavy atom. The minimum atomic E-state index is -0.230. The summed E-state index contributed by atoms with van der Waals surface area (Å²) >= 11 is 1.23. The van der Waals surface area contributed by atoms with Gasteiger partial charge >= 0.3 is 0 Å². The number of amides is 1. The molecule has 0 saturated heterocycles. The summed E-state index contributed by atoms with van der Waals surface area (Å²) < 4.78 is 10.5. The van der Waals surface area contributed by atoms with Gasteiger partial charge in [0.1, 0.15) is 22.6 Å². The van der Waals surface area contributed by atoms with Gasteiger partial charge in [-0.15, -0.1) is 0 Å². The number of methoxy groups -OCH3 is 2. The van der Waals surface area contributed by atoms with E-state index in [2.05, 4.69) is 16.4 Å². The zero-order valence-electron chi connectivity index (χ0n) is 15.8. The zero-order valence-corrected chi connectivity index (χ0v) is 16.6. The first-order valence-corrected chi connectivity index (χ1v) is 9.49. The third-order valence-electron chi connectivity index (χ3n) is 4.08. The van der Waals surface area contributed by atoms with E-state index in [1.165, 1.54) is 18.9 Å². The van der Waals surface area contributed by atoms with Crippen molar-refractivity contribution in [2.24, 2.45) is 0 Å². The van der Waals surface area contributed by atoms with Gasteiger partial charge in [-0.2, -0.15) is 5.26 Å². The Morgan fingerprint density at radius 1 is 1.18 bits per heavy atom. The predicted molar refractivity (Wildman–Crippen MR) is 110 cm³/mol. The van der Waals surface area contributed by atoms with Crippen LogP contribution in [0.5, 0.6) is 11.5 Å². The van der Waals surface area contributed by atoms with Crippen LogP contribution >= 0.6 is 11.8 Å². The number of rotatable bonds is 6. The van der Waals surface area contributed by atoms with Gasteiger partial charge in [-0.05, 0) is 36.8 Å². The number of thioether (sulfide) groups is 1. The fraction of sp³-hybridized carbons (Fsp3) is 0.190. The third-order valence-corrected chi connectivity index (χ3v) is 5.07. The van der Waals surface area contributed by atoms with Crippen molar-refractivity contribution in [1.82, 2.24) is 4.98 Å². The van der Waals surface area contributed by atoms with Gasteiger partial charge in [0.15, 0.2) is 0 Å². The van der Waals surface area contributed by atoms with Crippen LogP contribution in [0.15, 0.2) is 47.5 Å². The van der Waals surface area contributed by atoms with Gasteiger partial charge in [0.25, 0.3) is 0 Å². The Labute approximate surface area is 167 Å². The van der Waals surface area contributed by atoms with Crippen molar-refractivity contribution in [3.05, 3.63) is 53.6 Å². The number of nitrogens with one attached hydrogen (secondary N) is 1. The molecule has 1 amide bonds. The average Bonchev–Trinajstić information content (AvgIpc) is 2.71. The number of ether oxygens (including phenoxy) is 2. The number of anilines is 1. The first-order chi connectivity index (χ1) is 13.5. The van der Waals surface area contributed by atoms with Crippen LogP contribution in [0.2, 0.25) is 0 Å². The van der Waals surface area contributed by atoms with Crippen molar-refractivity contribution in [2.45, 2.75) is 11.9 Å². The first-order valence-electron chi connectivity index (χ1n) is 8.50. The Morgan fingerprint density at radius 3 is 2.71 bits per heavy atom. The fourth-order valence-corrected chi connectivity index (χ4v) is 3.44. The molecule has 0 aliphatic carbocycles. The van der Waals surface area contributed by atoms with Gasteiger partial charge in [0.05, 0.1) is 36.7 Å². The molecule has 28 heavy (non-hydrogen) atoms. The number of hydrogen-bond donors (Lipinski definition) is 1. The minimum absolute atomic E-state index is 0.110. The highest BCUT2D eigenvalue weighted by molar-refractivity contribution is 8.00. The standard InChI is InChI=1S/C21H19N3O3S/c1-13-4-5-14-9-15(11-22)21(24-17(14)8-13)28-12-20(25)23-18-10-16(26-2)6-7-19(18)27-3/h4-10H,12H2,1-3H3,(H,23,25). The van der Waals surface area contributed by atoms with E-state index in [4.69, 9.17) is 9.47 Å². The second-order valence-electron chi connectivity index (χ2n) is 6.05. The maximum Gasteiger partial charge on any atom is 0.234 e. The molecular formula is C21H19N3O3S. The quantitative estimate of drug-likeness (QED) is 0.633. The van der Waals surface area contributed by atoms with E-state index in [1.807, 2.05) is 25.1 Å². The molecule has 0 radical (unpaired) electrons. The number of carbonyl (C=O) groups is 1. The van der Waals surface area contributed by atoms with E-state index in [-0.39, 0.29) is 11.7 Å². The molecule has 1 heterocycles. The molecule has 1 aromatic heterocycles. The summed E-state index contributed by atoms with van der Waals surface area (Å²) in [5, 5.41) is 13.7. The molecule has 3 aromatic rings. The Kier molecular flexibility index (Phi) is 6.02. The van der Waals surface area contributed by atoms with Gasteiger partial charge in [0.2, 0.25) is 5.91 Å². The van der Waals surface area contributed by atoms with E-state index in [9.17, 15) is 10.1 Å². The number of hydrogen-bond acceptors (Lipinski definition) is 6. The summed E-state index contributed by atoms with van der Waals surface area (Å²) in [7, 11) is 3.09. The molecule has 0 bridgehead atoms. The molecule has 0 aliphatic rings. The Bertz CT molecular complexity index is 1080. The molecule has 0 fully saturated rings. The van der Waals surface area contributed by atoms with Crippen LogP contribution in [-0.2, 0) is 4.79 Å². The first kappa shape index (κ1) is 19.5. The third kappa shape index (κ3) is 4.35. The highest BCUT2D eigenvalue weighted by atomic mass is 32.2.